The Morgan fingerprint density at radius 3 is 2.32 bits per heavy atom. The van der Waals surface area contributed by atoms with Gasteiger partial charge in [-0.15, -0.1) is 0 Å². The van der Waals surface area contributed by atoms with Gasteiger partial charge in [0.1, 0.15) is 0 Å². The number of carbonyl (C=O) groups excluding carboxylic acids is 1. The lowest BCUT2D eigenvalue weighted by molar-refractivity contribution is -0.181. The van der Waals surface area contributed by atoms with Crippen LogP contribution in [0.4, 0.5) is 0 Å². The van der Waals surface area contributed by atoms with Crippen LogP contribution >= 0.6 is 0 Å². The average molecular weight is 332 g/mol. The zero-order valence-electron chi connectivity index (χ0n) is 14.0. The second-order valence-corrected chi connectivity index (χ2v) is 8.63. The first-order valence-electron chi connectivity index (χ1n) is 8.16. The molecule has 128 valence electrons. The Morgan fingerprint density at radius 2 is 1.86 bits per heavy atom. The highest BCUT2D eigenvalue weighted by Gasteiger charge is 2.52. The van der Waals surface area contributed by atoms with E-state index in [9.17, 15) is 13.2 Å². The van der Waals surface area contributed by atoms with E-state index < -0.39 is 10.0 Å². The number of methoxy groups -OCH3 is 1. The molecule has 0 aromatic rings. The maximum absolute atomic E-state index is 12.1. The van der Waals surface area contributed by atoms with Crippen molar-refractivity contribution in [3.8, 4) is 0 Å². The molecule has 2 heterocycles. The van der Waals surface area contributed by atoms with Gasteiger partial charge in [0, 0.05) is 26.2 Å². The highest BCUT2D eigenvalue weighted by molar-refractivity contribution is 7.89. The standard InChI is InChI=1S/C15H28N2O4S/c1-5-10-22(19,20)16-8-6-12(7-9-16)13-14(21-4)15(18)17(13)11(2)3/h11-14H,5-10H2,1-4H3. The van der Waals surface area contributed by atoms with Crippen LogP contribution in [0.1, 0.15) is 40.0 Å². The Labute approximate surface area is 133 Å². The van der Waals surface area contributed by atoms with E-state index in [-0.39, 0.29) is 29.8 Å². The highest BCUT2D eigenvalue weighted by atomic mass is 32.2. The molecule has 0 radical (unpaired) electrons. The Kier molecular flexibility index (Phi) is 5.50. The smallest absolute Gasteiger partial charge is 0.254 e. The number of hydrogen-bond acceptors (Lipinski definition) is 4. The summed E-state index contributed by atoms with van der Waals surface area (Å²) in [7, 11) is -1.53. The number of carbonyl (C=O) groups is 1. The zero-order chi connectivity index (χ0) is 16.5. The summed E-state index contributed by atoms with van der Waals surface area (Å²) >= 11 is 0. The molecule has 22 heavy (non-hydrogen) atoms. The molecule has 0 aromatic heterocycles. The topological polar surface area (TPSA) is 66.9 Å². The largest absolute Gasteiger partial charge is 0.369 e. The van der Waals surface area contributed by atoms with Gasteiger partial charge < -0.3 is 9.64 Å². The summed E-state index contributed by atoms with van der Waals surface area (Å²) in [5.41, 5.74) is 0. The fourth-order valence-electron chi connectivity index (χ4n) is 3.70. The van der Waals surface area contributed by atoms with E-state index in [2.05, 4.69) is 0 Å². The molecule has 1 amide bonds. The van der Waals surface area contributed by atoms with Crippen molar-refractivity contribution in [2.75, 3.05) is 26.0 Å². The normalized spacial score (nSPS) is 28.2. The minimum absolute atomic E-state index is 0.0588. The summed E-state index contributed by atoms with van der Waals surface area (Å²) in [6.45, 7) is 7.02. The Morgan fingerprint density at radius 1 is 1.27 bits per heavy atom. The van der Waals surface area contributed by atoms with Crippen LogP contribution in [0, 0.1) is 5.92 Å². The van der Waals surface area contributed by atoms with E-state index in [1.54, 1.807) is 11.4 Å². The SMILES string of the molecule is CCCS(=O)(=O)N1CCC(C2C(OC)C(=O)N2C(C)C)CC1. The number of piperidine rings is 1. The molecular formula is C15H28N2O4S. The molecule has 2 fully saturated rings. The van der Waals surface area contributed by atoms with Crippen molar-refractivity contribution in [3.63, 3.8) is 0 Å². The average Bonchev–Trinajstić information content (AvgIpc) is 2.44. The molecule has 2 aliphatic rings. The maximum Gasteiger partial charge on any atom is 0.254 e. The molecule has 2 atom stereocenters. The van der Waals surface area contributed by atoms with Crippen molar-refractivity contribution >= 4 is 15.9 Å². The highest BCUT2D eigenvalue weighted by Crippen LogP contribution is 2.36. The number of hydrogen-bond donors (Lipinski definition) is 0. The predicted molar refractivity (Wildman–Crippen MR) is 84.9 cm³/mol. The number of rotatable bonds is 6. The van der Waals surface area contributed by atoms with Crippen molar-refractivity contribution < 1.29 is 17.9 Å². The first-order chi connectivity index (χ1) is 10.3. The number of nitrogens with zero attached hydrogens (tertiary/aromatic N) is 2. The third kappa shape index (κ3) is 3.16. The number of β-lactam (4-membered cyclic amide) rings is 1. The van der Waals surface area contributed by atoms with Crippen molar-refractivity contribution in [1.82, 2.24) is 9.21 Å². The Bertz CT molecular complexity index is 498. The molecule has 2 saturated heterocycles. The fourth-order valence-corrected chi connectivity index (χ4v) is 5.24. The van der Waals surface area contributed by atoms with Crippen LogP contribution in [0.25, 0.3) is 0 Å². The van der Waals surface area contributed by atoms with Gasteiger partial charge in [-0.3, -0.25) is 4.79 Å². The van der Waals surface area contributed by atoms with Crippen LogP contribution in [0.2, 0.25) is 0 Å². The van der Waals surface area contributed by atoms with Crippen molar-refractivity contribution in [3.05, 3.63) is 0 Å². The van der Waals surface area contributed by atoms with Gasteiger partial charge in [0.25, 0.3) is 5.91 Å². The second kappa shape index (κ2) is 6.84. The number of likely N-dealkylation sites (tertiary alicyclic amines) is 1. The summed E-state index contributed by atoms with van der Waals surface area (Å²) in [6.07, 6.45) is 1.88. The van der Waals surface area contributed by atoms with Gasteiger partial charge in [-0.1, -0.05) is 6.92 Å². The molecule has 0 saturated carbocycles. The van der Waals surface area contributed by atoms with Crippen molar-refractivity contribution in [1.29, 1.82) is 0 Å². The molecule has 0 aromatic carbocycles. The third-order valence-corrected chi connectivity index (χ3v) is 6.85. The lowest BCUT2D eigenvalue weighted by Crippen LogP contribution is -2.70. The van der Waals surface area contributed by atoms with Crippen LogP contribution in [0.15, 0.2) is 0 Å². The lowest BCUT2D eigenvalue weighted by atomic mass is 9.79. The fraction of sp³-hybridized carbons (Fsp3) is 0.933. The molecule has 0 bridgehead atoms. The predicted octanol–water partition coefficient (Wildman–Crippen LogP) is 1.07. The van der Waals surface area contributed by atoms with Gasteiger partial charge in [-0.2, -0.15) is 0 Å². The first kappa shape index (κ1) is 17.7. The summed E-state index contributed by atoms with van der Waals surface area (Å²) in [6, 6.07) is 0.249. The molecule has 2 aliphatic heterocycles. The lowest BCUT2D eigenvalue weighted by Gasteiger charge is -2.53. The molecule has 2 rings (SSSR count). The summed E-state index contributed by atoms with van der Waals surface area (Å²) in [5, 5.41) is 0. The van der Waals surface area contributed by atoms with Gasteiger partial charge in [-0.05, 0) is 39.0 Å². The first-order valence-corrected chi connectivity index (χ1v) is 9.77. The molecular weight excluding hydrogens is 304 g/mol. The van der Waals surface area contributed by atoms with E-state index in [1.165, 1.54) is 0 Å². The van der Waals surface area contributed by atoms with Gasteiger partial charge in [0.15, 0.2) is 6.10 Å². The summed E-state index contributed by atoms with van der Waals surface area (Å²) in [4.78, 5) is 14.0. The minimum atomic E-state index is -3.11. The Hall–Kier alpha value is -0.660. The number of ether oxygens (including phenoxy) is 1. The van der Waals surface area contributed by atoms with Gasteiger partial charge in [0.05, 0.1) is 11.8 Å². The molecule has 2 unspecified atom stereocenters. The molecule has 7 heteroatoms. The summed E-state index contributed by atoms with van der Waals surface area (Å²) < 4.78 is 31.2. The van der Waals surface area contributed by atoms with Gasteiger partial charge in [0.2, 0.25) is 10.0 Å². The number of amides is 1. The van der Waals surface area contributed by atoms with Crippen LogP contribution in [-0.4, -0.2) is 67.7 Å². The van der Waals surface area contributed by atoms with Crippen LogP contribution in [0.3, 0.4) is 0 Å². The monoisotopic (exact) mass is 332 g/mol. The van der Waals surface area contributed by atoms with E-state index in [0.29, 0.717) is 25.4 Å². The third-order valence-electron chi connectivity index (χ3n) is 4.78. The maximum atomic E-state index is 12.1. The van der Waals surface area contributed by atoms with E-state index in [1.807, 2.05) is 25.7 Å². The van der Waals surface area contributed by atoms with E-state index in [4.69, 9.17) is 4.74 Å². The molecule has 0 aliphatic carbocycles. The zero-order valence-corrected chi connectivity index (χ0v) is 14.8. The minimum Gasteiger partial charge on any atom is -0.369 e. The number of sulfonamides is 1. The molecule has 0 N–H and O–H groups in total. The molecule has 0 spiro atoms. The van der Waals surface area contributed by atoms with Crippen molar-refractivity contribution in [2.24, 2.45) is 5.92 Å². The van der Waals surface area contributed by atoms with Crippen LogP contribution < -0.4 is 0 Å². The van der Waals surface area contributed by atoms with Crippen molar-refractivity contribution in [2.45, 2.75) is 58.2 Å². The summed E-state index contributed by atoms with van der Waals surface area (Å²) in [5.74, 6) is 0.597. The van der Waals surface area contributed by atoms with E-state index in [0.717, 1.165) is 12.8 Å². The van der Waals surface area contributed by atoms with Gasteiger partial charge in [-0.25, -0.2) is 12.7 Å². The Balaban J connectivity index is 2.00. The molecule has 6 nitrogen and oxygen atoms in total. The van der Waals surface area contributed by atoms with Crippen LogP contribution in [-0.2, 0) is 19.6 Å². The second-order valence-electron chi connectivity index (χ2n) is 6.54. The quantitative estimate of drug-likeness (QED) is 0.683. The van der Waals surface area contributed by atoms with E-state index >= 15 is 0 Å². The van der Waals surface area contributed by atoms with Gasteiger partial charge >= 0.3 is 0 Å². The van der Waals surface area contributed by atoms with Crippen LogP contribution in [0.5, 0.6) is 0 Å².